The van der Waals surface area contributed by atoms with E-state index in [-0.39, 0.29) is 24.5 Å². The largest absolute Gasteiger partial charge is 0.411 e. The number of aliphatic hydroxyl groups is 2. The lowest BCUT2D eigenvalue weighted by molar-refractivity contribution is -0.252. The molecule has 6 atom stereocenters. The van der Waals surface area contributed by atoms with Gasteiger partial charge in [-0.05, 0) is 31.6 Å². The number of ketones is 1. The van der Waals surface area contributed by atoms with Gasteiger partial charge < -0.3 is 14.9 Å². The Kier molecular flexibility index (Phi) is 6.04. The SMILES string of the molecule is CC1C(=O)[C@]2(OCC(F)(F)F)CC[C@H](O)[C@@H](C=C[C@H](O)C3CCCCC3)[C@H]12. The topological polar surface area (TPSA) is 66.8 Å². The highest BCUT2D eigenvalue weighted by atomic mass is 19.4. The Labute approximate surface area is 157 Å². The van der Waals surface area contributed by atoms with Crippen molar-refractivity contribution in [3.05, 3.63) is 12.2 Å². The van der Waals surface area contributed by atoms with Gasteiger partial charge in [0.2, 0.25) is 0 Å². The third-order valence-corrected chi connectivity index (χ3v) is 6.73. The van der Waals surface area contributed by atoms with Crippen molar-refractivity contribution >= 4 is 5.78 Å². The molecule has 0 heterocycles. The van der Waals surface area contributed by atoms with Gasteiger partial charge in [0.05, 0.1) is 12.2 Å². The number of carbonyl (C=O) groups is 1. The number of rotatable bonds is 5. The number of carbonyl (C=O) groups excluding carboxylic acids is 1. The van der Waals surface area contributed by atoms with E-state index in [4.69, 9.17) is 4.74 Å². The molecule has 0 aromatic carbocycles. The highest BCUT2D eigenvalue weighted by Gasteiger charge is 2.66. The van der Waals surface area contributed by atoms with E-state index in [2.05, 4.69) is 0 Å². The maximum Gasteiger partial charge on any atom is 0.411 e. The van der Waals surface area contributed by atoms with Crippen molar-refractivity contribution in [1.82, 2.24) is 0 Å². The van der Waals surface area contributed by atoms with Crippen LogP contribution in [0.2, 0.25) is 0 Å². The highest BCUT2D eigenvalue weighted by Crippen LogP contribution is 2.55. The second-order valence-electron chi connectivity index (χ2n) is 8.43. The Bertz CT molecular complexity index is 570. The third-order valence-electron chi connectivity index (χ3n) is 6.73. The summed E-state index contributed by atoms with van der Waals surface area (Å²) in [6.07, 6.45) is 3.07. The van der Waals surface area contributed by atoms with Gasteiger partial charge in [0.25, 0.3) is 0 Å². The maximum atomic E-state index is 12.7. The Morgan fingerprint density at radius 2 is 1.93 bits per heavy atom. The fourth-order valence-electron chi connectivity index (χ4n) is 5.32. The van der Waals surface area contributed by atoms with Crippen molar-refractivity contribution in [2.24, 2.45) is 23.7 Å². The molecule has 3 fully saturated rings. The number of hydrogen-bond acceptors (Lipinski definition) is 4. The summed E-state index contributed by atoms with van der Waals surface area (Å²) < 4.78 is 43.1. The number of hydrogen-bond donors (Lipinski definition) is 2. The first-order valence-corrected chi connectivity index (χ1v) is 9.95. The molecule has 4 nitrogen and oxygen atoms in total. The fourth-order valence-corrected chi connectivity index (χ4v) is 5.32. The molecule has 0 radical (unpaired) electrons. The van der Waals surface area contributed by atoms with Gasteiger partial charge in [-0.1, -0.05) is 38.3 Å². The van der Waals surface area contributed by atoms with E-state index in [1.165, 1.54) is 6.42 Å². The van der Waals surface area contributed by atoms with Crippen molar-refractivity contribution in [2.75, 3.05) is 6.61 Å². The van der Waals surface area contributed by atoms with E-state index in [0.29, 0.717) is 0 Å². The molecule has 154 valence electrons. The van der Waals surface area contributed by atoms with Gasteiger partial charge in [-0.15, -0.1) is 0 Å². The second kappa shape index (κ2) is 7.84. The number of Topliss-reactive ketones (excluding diaryl/α,β-unsaturated/α-hetero) is 1. The van der Waals surface area contributed by atoms with E-state index >= 15 is 0 Å². The molecule has 27 heavy (non-hydrogen) atoms. The molecule has 3 aliphatic carbocycles. The molecule has 3 aliphatic rings. The Morgan fingerprint density at radius 3 is 2.56 bits per heavy atom. The van der Waals surface area contributed by atoms with Crippen molar-refractivity contribution in [1.29, 1.82) is 0 Å². The van der Waals surface area contributed by atoms with Gasteiger partial charge in [0, 0.05) is 17.8 Å². The quantitative estimate of drug-likeness (QED) is 0.706. The van der Waals surface area contributed by atoms with Crippen LogP contribution < -0.4 is 0 Å². The van der Waals surface area contributed by atoms with Gasteiger partial charge in [-0.2, -0.15) is 13.2 Å². The van der Waals surface area contributed by atoms with E-state index in [1.807, 2.05) is 0 Å². The van der Waals surface area contributed by atoms with Crippen molar-refractivity contribution in [3.63, 3.8) is 0 Å². The monoisotopic (exact) mass is 390 g/mol. The van der Waals surface area contributed by atoms with Crippen LogP contribution in [-0.4, -0.2) is 46.6 Å². The molecular weight excluding hydrogens is 361 g/mol. The summed E-state index contributed by atoms with van der Waals surface area (Å²) in [7, 11) is 0. The van der Waals surface area contributed by atoms with Gasteiger partial charge in [-0.25, -0.2) is 0 Å². The Hall–Kier alpha value is -0.920. The van der Waals surface area contributed by atoms with Gasteiger partial charge in [0.1, 0.15) is 12.2 Å². The second-order valence-corrected chi connectivity index (χ2v) is 8.43. The minimum absolute atomic E-state index is 0.105. The fraction of sp³-hybridized carbons (Fsp3) is 0.850. The van der Waals surface area contributed by atoms with Crippen LogP contribution in [0.4, 0.5) is 13.2 Å². The molecule has 0 aromatic rings. The maximum absolute atomic E-state index is 12.7. The zero-order valence-corrected chi connectivity index (χ0v) is 15.6. The summed E-state index contributed by atoms with van der Waals surface area (Å²) in [5, 5.41) is 20.9. The normalized spacial score (nSPS) is 39.3. The molecule has 2 N–H and O–H groups in total. The summed E-state index contributed by atoms with van der Waals surface area (Å²) in [6.45, 7) is 0.220. The number of halogens is 3. The summed E-state index contributed by atoms with van der Waals surface area (Å²) in [4.78, 5) is 12.4. The van der Waals surface area contributed by atoms with E-state index in [1.54, 1.807) is 19.1 Å². The van der Waals surface area contributed by atoms with Gasteiger partial charge in [-0.3, -0.25) is 4.79 Å². The van der Waals surface area contributed by atoms with Crippen LogP contribution in [0.1, 0.15) is 51.9 Å². The van der Waals surface area contributed by atoms with E-state index < -0.39 is 48.3 Å². The lowest BCUT2D eigenvalue weighted by Gasteiger charge is -2.58. The van der Waals surface area contributed by atoms with Crippen molar-refractivity contribution in [2.45, 2.75) is 75.9 Å². The minimum Gasteiger partial charge on any atom is -0.393 e. The van der Waals surface area contributed by atoms with Crippen LogP contribution in [0, 0.1) is 23.7 Å². The summed E-state index contributed by atoms with van der Waals surface area (Å²) in [5.74, 6) is -1.57. The zero-order valence-electron chi connectivity index (χ0n) is 15.6. The van der Waals surface area contributed by atoms with E-state index in [9.17, 15) is 28.2 Å². The highest BCUT2D eigenvalue weighted by molar-refractivity contribution is 5.96. The molecule has 0 bridgehead atoms. The average molecular weight is 390 g/mol. The summed E-state index contributed by atoms with van der Waals surface area (Å²) in [6, 6.07) is 0. The predicted octanol–water partition coefficient (Wildman–Crippen LogP) is 3.41. The number of fused-ring (bicyclic) bond motifs is 1. The molecule has 7 heteroatoms. The summed E-state index contributed by atoms with van der Waals surface area (Å²) >= 11 is 0. The molecule has 0 spiro atoms. The number of ether oxygens (including phenoxy) is 1. The third kappa shape index (κ3) is 4.10. The summed E-state index contributed by atoms with van der Waals surface area (Å²) in [5.41, 5.74) is -1.46. The first-order valence-electron chi connectivity index (χ1n) is 9.95. The minimum atomic E-state index is -4.50. The standard InChI is InChI=1S/C20H29F3O4/c1-12-17-14(7-8-15(24)13-5-3-2-4-6-13)16(25)9-10-19(17,18(12)26)27-11-20(21,22)23/h7-8,12-17,24-25H,2-6,9-11H2,1H3/t12?,14-,15+,16+,17+,19+/m1/s1. The lowest BCUT2D eigenvalue weighted by atomic mass is 9.50. The first kappa shape index (κ1) is 20.8. The molecule has 1 unspecified atom stereocenters. The Morgan fingerprint density at radius 1 is 1.26 bits per heavy atom. The number of alkyl halides is 3. The van der Waals surface area contributed by atoms with Crippen LogP contribution in [-0.2, 0) is 9.53 Å². The van der Waals surface area contributed by atoms with Crippen LogP contribution in [0.25, 0.3) is 0 Å². The van der Waals surface area contributed by atoms with Gasteiger partial charge >= 0.3 is 6.18 Å². The lowest BCUT2D eigenvalue weighted by Crippen LogP contribution is -2.70. The van der Waals surface area contributed by atoms with Crippen LogP contribution >= 0.6 is 0 Å². The first-order chi connectivity index (χ1) is 12.7. The molecule has 0 amide bonds. The molecule has 0 saturated heterocycles. The molecule has 0 aliphatic heterocycles. The van der Waals surface area contributed by atoms with Crippen LogP contribution in [0.5, 0.6) is 0 Å². The molecule has 3 saturated carbocycles. The van der Waals surface area contributed by atoms with Crippen LogP contribution in [0.3, 0.4) is 0 Å². The molecule has 0 aromatic heterocycles. The van der Waals surface area contributed by atoms with E-state index in [0.717, 1.165) is 25.7 Å². The zero-order chi connectivity index (χ0) is 19.8. The van der Waals surface area contributed by atoms with Crippen molar-refractivity contribution < 1.29 is 32.9 Å². The Balaban J connectivity index is 1.73. The number of aliphatic hydroxyl groups excluding tert-OH is 2. The molecular formula is C20H29F3O4. The van der Waals surface area contributed by atoms with Crippen LogP contribution in [0.15, 0.2) is 12.2 Å². The smallest absolute Gasteiger partial charge is 0.393 e. The molecule has 3 rings (SSSR count). The average Bonchev–Trinajstić information content (AvgIpc) is 2.64. The predicted molar refractivity (Wildman–Crippen MR) is 92.9 cm³/mol. The van der Waals surface area contributed by atoms with Crippen molar-refractivity contribution in [3.8, 4) is 0 Å². The van der Waals surface area contributed by atoms with Gasteiger partial charge in [0.15, 0.2) is 5.78 Å².